The van der Waals surface area contributed by atoms with E-state index in [0.717, 1.165) is 10.1 Å². The molecule has 5 rings (SSSR count). The summed E-state index contributed by atoms with van der Waals surface area (Å²) in [7, 11) is 1.56. The second kappa shape index (κ2) is 11.3. The first-order chi connectivity index (χ1) is 19.5. The summed E-state index contributed by atoms with van der Waals surface area (Å²) < 4.78 is 20.2. The number of carboxylic acid groups (broad SMARTS) is 1. The van der Waals surface area contributed by atoms with Gasteiger partial charge in [-0.1, -0.05) is 18.2 Å². The molecule has 2 atom stereocenters. The Morgan fingerprint density at radius 2 is 1.93 bits per heavy atom. The maximum Gasteiger partial charge on any atom is 0.333 e. The number of carbonyl (C=O) groups is 1. The minimum absolute atomic E-state index is 0.00132. The molecule has 0 spiro atoms. The van der Waals surface area contributed by atoms with Crippen LogP contribution in [-0.4, -0.2) is 44.6 Å². The highest BCUT2D eigenvalue weighted by Gasteiger charge is 2.37. The third-order valence-electron chi connectivity index (χ3n) is 7.93. The number of fused-ring (bicyclic) bond motifs is 1. The van der Waals surface area contributed by atoms with Gasteiger partial charge in [-0.05, 0) is 58.1 Å². The average molecular weight is 586 g/mol. The summed E-state index contributed by atoms with van der Waals surface area (Å²) in [6.07, 6.45) is 3.97. The van der Waals surface area contributed by atoms with E-state index in [1.807, 2.05) is 24.3 Å². The molecule has 3 N–H and O–H groups in total. The molecule has 2 aromatic heterocycles. The van der Waals surface area contributed by atoms with Crippen molar-refractivity contribution in [2.24, 2.45) is 0 Å². The Hall–Kier alpha value is -3.61. The number of aromatic nitrogens is 2. The molecule has 220 valence electrons. The van der Waals surface area contributed by atoms with E-state index >= 15 is 0 Å². The number of aliphatic carboxylic acids is 1. The maximum absolute atomic E-state index is 14.1. The van der Waals surface area contributed by atoms with Gasteiger partial charge in [-0.25, -0.2) is 14.2 Å². The number of methoxy groups -OCH3 is 1. The van der Waals surface area contributed by atoms with Crippen LogP contribution in [0.4, 0.5) is 0 Å². The van der Waals surface area contributed by atoms with Crippen LogP contribution in [0.3, 0.4) is 0 Å². The summed E-state index contributed by atoms with van der Waals surface area (Å²) in [4.78, 5) is 41.4. The fourth-order valence-corrected chi connectivity index (χ4v) is 6.81. The van der Waals surface area contributed by atoms with Crippen molar-refractivity contribution in [3.8, 4) is 5.75 Å². The standard InChI is InChI=1S/C29H35N3O8S/c1-16-22-25(34)32(29(2,3)27(35)36)28(37)31(26(22)41-23(16)24-30-13-14-39-24)15-21(19-7-5-6-8-20(19)38-4)40-18-11-9-17(33)10-12-18/h5-8,13-14,17-18,21,24,30,33H,9-12,15H2,1-4H3,(H,35,36)/t17-,18+,21-,24?/m0/s1. The maximum atomic E-state index is 14.1. The quantitative estimate of drug-likeness (QED) is 0.344. The van der Waals surface area contributed by atoms with Gasteiger partial charge in [0, 0.05) is 11.8 Å². The van der Waals surface area contributed by atoms with Gasteiger partial charge < -0.3 is 29.7 Å². The molecule has 11 nitrogen and oxygen atoms in total. The number of thiophene rings is 1. The van der Waals surface area contributed by atoms with Gasteiger partial charge in [0.15, 0.2) is 0 Å². The van der Waals surface area contributed by atoms with Gasteiger partial charge in [-0.3, -0.25) is 9.36 Å². The third-order valence-corrected chi connectivity index (χ3v) is 9.29. The lowest BCUT2D eigenvalue weighted by atomic mass is 9.94. The van der Waals surface area contributed by atoms with Crippen molar-refractivity contribution in [1.29, 1.82) is 0 Å². The Bertz CT molecular complexity index is 1590. The molecule has 1 unspecified atom stereocenters. The van der Waals surface area contributed by atoms with Gasteiger partial charge in [0.25, 0.3) is 5.56 Å². The summed E-state index contributed by atoms with van der Waals surface area (Å²) in [5.41, 5.74) is -1.91. The van der Waals surface area contributed by atoms with Crippen molar-refractivity contribution < 1.29 is 29.2 Å². The first-order valence-corrected chi connectivity index (χ1v) is 14.4. The highest BCUT2D eigenvalue weighted by Crippen LogP contribution is 2.37. The van der Waals surface area contributed by atoms with Crippen LogP contribution in [-0.2, 0) is 26.4 Å². The van der Waals surface area contributed by atoms with Gasteiger partial charge >= 0.3 is 11.7 Å². The molecule has 1 fully saturated rings. The van der Waals surface area contributed by atoms with Gasteiger partial charge in [0.2, 0.25) is 6.23 Å². The molecule has 3 aromatic rings. The number of para-hydroxylation sites is 1. The fourth-order valence-electron chi connectivity index (χ4n) is 5.51. The Morgan fingerprint density at radius 1 is 1.22 bits per heavy atom. The Labute approximate surface area is 240 Å². The topological polar surface area (TPSA) is 141 Å². The lowest BCUT2D eigenvalue weighted by molar-refractivity contribution is -0.146. The zero-order valence-electron chi connectivity index (χ0n) is 23.5. The highest BCUT2D eigenvalue weighted by molar-refractivity contribution is 7.19. The minimum Gasteiger partial charge on any atom is -0.496 e. The molecule has 0 radical (unpaired) electrons. The van der Waals surface area contributed by atoms with E-state index in [1.165, 1.54) is 36.0 Å². The number of benzene rings is 1. The summed E-state index contributed by atoms with van der Waals surface area (Å²) in [6.45, 7) is 4.45. The number of aliphatic hydroxyl groups is 1. The van der Waals surface area contributed by atoms with Gasteiger partial charge in [0.1, 0.15) is 28.5 Å². The average Bonchev–Trinajstić information content (AvgIpc) is 3.59. The molecule has 3 heterocycles. The molecule has 1 aliphatic heterocycles. The SMILES string of the molecule is COc1ccccc1[C@H](Cn1c(=O)n(C(C)(C)C(=O)O)c(=O)c2c(C)c(C3NC=CO3)sc21)O[C@H]1CC[C@@H](O)CC1. The van der Waals surface area contributed by atoms with Crippen molar-refractivity contribution >= 4 is 27.5 Å². The molecule has 0 amide bonds. The number of nitrogens with zero attached hydrogens (tertiary/aromatic N) is 2. The molecular formula is C29H35N3O8S. The van der Waals surface area contributed by atoms with Crippen LogP contribution in [0, 0.1) is 6.92 Å². The number of rotatable bonds is 9. The lowest BCUT2D eigenvalue weighted by Gasteiger charge is -2.31. The van der Waals surface area contributed by atoms with Gasteiger partial charge in [-0.15, -0.1) is 11.3 Å². The molecule has 2 aliphatic rings. The predicted molar refractivity (Wildman–Crippen MR) is 153 cm³/mol. The van der Waals surface area contributed by atoms with E-state index in [0.29, 0.717) is 46.7 Å². The second-order valence-electron chi connectivity index (χ2n) is 11.0. The summed E-state index contributed by atoms with van der Waals surface area (Å²) >= 11 is 1.25. The Kier molecular flexibility index (Phi) is 8.00. The number of carboxylic acids is 1. The van der Waals surface area contributed by atoms with Crippen molar-refractivity contribution in [3.05, 3.63) is 73.6 Å². The van der Waals surface area contributed by atoms with Crippen LogP contribution < -0.4 is 21.3 Å². The highest BCUT2D eigenvalue weighted by atomic mass is 32.1. The smallest absolute Gasteiger partial charge is 0.333 e. The zero-order chi connectivity index (χ0) is 29.5. The summed E-state index contributed by atoms with van der Waals surface area (Å²) in [6, 6.07) is 7.38. The molecular weight excluding hydrogens is 550 g/mol. The second-order valence-corrected chi connectivity index (χ2v) is 12.0. The van der Waals surface area contributed by atoms with Crippen molar-refractivity contribution in [2.75, 3.05) is 7.11 Å². The largest absolute Gasteiger partial charge is 0.496 e. The third kappa shape index (κ3) is 5.27. The number of nitrogens with one attached hydrogen (secondary N) is 1. The first-order valence-electron chi connectivity index (χ1n) is 13.6. The summed E-state index contributed by atoms with van der Waals surface area (Å²) in [5.74, 6) is -0.728. The van der Waals surface area contributed by atoms with E-state index in [-0.39, 0.29) is 24.1 Å². The number of aryl methyl sites for hydroxylation is 1. The lowest BCUT2D eigenvalue weighted by Crippen LogP contribution is -2.52. The van der Waals surface area contributed by atoms with E-state index < -0.39 is 35.1 Å². The van der Waals surface area contributed by atoms with Crippen LogP contribution in [0.5, 0.6) is 5.75 Å². The number of hydrogen-bond acceptors (Lipinski definition) is 9. The molecule has 41 heavy (non-hydrogen) atoms. The summed E-state index contributed by atoms with van der Waals surface area (Å²) in [5, 5.41) is 23.4. The number of hydrogen-bond donors (Lipinski definition) is 3. The van der Waals surface area contributed by atoms with Crippen molar-refractivity contribution in [3.63, 3.8) is 0 Å². The predicted octanol–water partition coefficient (Wildman–Crippen LogP) is 3.51. The van der Waals surface area contributed by atoms with E-state index in [4.69, 9.17) is 14.2 Å². The van der Waals surface area contributed by atoms with Crippen LogP contribution >= 0.6 is 11.3 Å². The van der Waals surface area contributed by atoms with Crippen molar-refractivity contribution in [1.82, 2.24) is 14.5 Å². The van der Waals surface area contributed by atoms with E-state index in [2.05, 4.69) is 5.32 Å². The van der Waals surface area contributed by atoms with E-state index in [1.54, 1.807) is 20.2 Å². The first kappa shape index (κ1) is 28.9. The van der Waals surface area contributed by atoms with Crippen LogP contribution in [0.25, 0.3) is 10.2 Å². The van der Waals surface area contributed by atoms with Crippen molar-refractivity contribution in [2.45, 2.75) is 83.1 Å². The molecule has 1 aliphatic carbocycles. The Balaban J connectivity index is 1.71. The normalized spacial score (nSPS) is 21.4. The molecule has 12 heteroatoms. The molecule has 1 aromatic carbocycles. The monoisotopic (exact) mass is 585 g/mol. The fraction of sp³-hybridized carbons (Fsp3) is 0.483. The zero-order valence-corrected chi connectivity index (χ0v) is 24.3. The van der Waals surface area contributed by atoms with Crippen LogP contribution in [0.2, 0.25) is 0 Å². The number of ether oxygens (including phenoxy) is 3. The molecule has 1 saturated carbocycles. The Morgan fingerprint density at radius 3 is 2.56 bits per heavy atom. The molecule has 0 saturated heterocycles. The van der Waals surface area contributed by atoms with Crippen LogP contribution in [0.1, 0.15) is 67.9 Å². The molecule has 0 bridgehead atoms. The van der Waals surface area contributed by atoms with Gasteiger partial charge in [0.05, 0.1) is 36.1 Å². The minimum atomic E-state index is -1.82. The van der Waals surface area contributed by atoms with Gasteiger partial charge in [-0.2, -0.15) is 0 Å². The van der Waals surface area contributed by atoms with Crippen LogP contribution in [0.15, 0.2) is 46.3 Å². The van der Waals surface area contributed by atoms with E-state index in [9.17, 15) is 24.6 Å². The number of aliphatic hydroxyl groups excluding tert-OH is 1.